The van der Waals surface area contributed by atoms with Gasteiger partial charge in [0.15, 0.2) is 6.10 Å². The van der Waals surface area contributed by atoms with Crippen molar-refractivity contribution in [3.63, 3.8) is 0 Å². The van der Waals surface area contributed by atoms with Crippen molar-refractivity contribution in [1.29, 1.82) is 0 Å². The second-order valence-corrected chi connectivity index (χ2v) is 22.3. The van der Waals surface area contributed by atoms with E-state index in [0.29, 0.717) is 12.8 Å². The maximum atomic E-state index is 13.0. The smallest absolute Gasteiger partial charge is 0.306 e. The molecule has 0 heterocycles. The van der Waals surface area contributed by atoms with E-state index in [0.717, 1.165) is 154 Å². The van der Waals surface area contributed by atoms with E-state index in [4.69, 9.17) is 14.2 Å². The lowest BCUT2D eigenvalue weighted by Crippen LogP contribution is -2.30. The van der Waals surface area contributed by atoms with E-state index in [2.05, 4.69) is 167 Å². The van der Waals surface area contributed by atoms with Crippen molar-refractivity contribution >= 4 is 17.9 Å². The summed E-state index contributed by atoms with van der Waals surface area (Å²) in [6.07, 6.45) is 100. The molecule has 6 nitrogen and oxygen atoms in total. The second-order valence-electron chi connectivity index (χ2n) is 22.3. The van der Waals surface area contributed by atoms with Gasteiger partial charge >= 0.3 is 17.9 Å². The highest BCUT2D eigenvalue weighted by Gasteiger charge is 2.19. The summed E-state index contributed by atoms with van der Waals surface area (Å²) in [6.45, 7) is 6.38. The van der Waals surface area contributed by atoms with Gasteiger partial charge in [0.2, 0.25) is 0 Å². The number of carbonyl (C=O) groups excluding carboxylic acids is 3. The highest BCUT2D eigenvalue weighted by atomic mass is 16.6. The molecule has 0 aliphatic heterocycles. The van der Waals surface area contributed by atoms with Crippen molar-refractivity contribution in [2.75, 3.05) is 13.2 Å². The molecule has 0 N–H and O–H groups in total. The van der Waals surface area contributed by atoms with E-state index in [1.807, 2.05) is 0 Å². The number of esters is 3. The minimum absolute atomic E-state index is 0.101. The van der Waals surface area contributed by atoms with Crippen LogP contribution in [0.25, 0.3) is 0 Å². The van der Waals surface area contributed by atoms with Gasteiger partial charge in [0.25, 0.3) is 0 Å². The van der Waals surface area contributed by atoms with Gasteiger partial charge in [-0.05, 0) is 141 Å². The van der Waals surface area contributed by atoms with Crippen LogP contribution in [0.3, 0.4) is 0 Å². The Morgan fingerprint density at radius 3 is 0.735 bits per heavy atom. The molecule has 0 aromatic rings. The summed E-state index contributed by atoms with van der Waals surface area (Å²) in [7, 11) is 0. The fourth-order valence-corrected chi connectivity index (χ4v) is 9.23. The van der Waals surface area contributed by atoms with Crippen LogP contribution in [0.2, 0.25) is 0 Å². The molecule has 0 aliphatic carbocycles. The summed E-state index contributed by atoms with van der Waals surface area (Å²) in [5, 5.41) is 0. The van der Waals surface area contributed by atoms with E-state index in [9.17, 15) is 14.4 Å². The zero-order valence-electron chi connectivity index (χ0n) is 53.9. The third kappa shape index (κ3) is 68.0. The minimum Gasteiger partial charge on any atom is -0.462 e. The van der Waals surface area contributed by atoms with Crippen LogP contribution in [0.15, 0.2) is 146 Å². The molecular formula is C77H126O6. The highest BCUT2D eigenvalue weighted by molar-refractivity contribution is 5.71. The number of allylic oxidation sites excluding steroid dienone is 24. The van der Waals surface area contributed by atoms with Crippen LogP contribution in [0.4, 0.5) is 0 Å². The standard InChI is InChI=1S/C77H126O6/c1-4-7-10-13-16-19-22-25-28-31-33-35-37-38-40-41-43-46-49-52-55-58-61-64-67-70-76(79)82-73-74(72-81-75(78)69-66-63-60-57-54-51-48-45-30-27-24-21-18-15-12-9-6-3)83-77(80)71-68-65-62-59-56-53-50-47-44-42-39-36-34-32-29-26-23-20-17-14-11-8-5-2/h8-9,11-12,17-18,20-22,25-27,29-31,33-34,36,42,44,48,50-51,53,74H,4-7,10,13-16,19,23-24,28,32,35,37-41,43,45-47,49,52,54-73H2,1-3H3/b11-8-,12-9-,20-17-,21-18-,25-22-,29-26-,30-27-,33-31-,36-34-,44-42-,51-48-,53-50-. The van der Waals surface area contributed by atoms with Gasteiger partial charge in [0, 0.05) is 19.3 Å². The predicted octanol–water partition coefficient (Wildman–Crippen LogP) is 23.9. The molecule has 0 aliphatic rings. The molecular weight excluding hydrogens is 1020 g/mol. The number of carbonyl (C=O) groups is 3. The molecule has 0 radical (unpaired) electrons. The first-order valence-corrected chi connectivity index (χ1v) is 34.3. The summed E-state index contributed by atoms with van der Waals surface area (Å²) in [5.74, 6) is -0.948. The number of hydrogen-bond donors (Lipinski definition) is 0. The maximum absolute atomic E-state index is 13.0. The van der Waals surface area contributed by atoms with E-state index in [1.165, 1.54) is 109 Å². The minimum atomic E-state index is -0.811. The molecule has 0 bridgehead atoms. The second kappa shape index (κ2) is 69.8. The lowest BCUT2D eigenvalue weighted by molar-refractivity contribution is -0.167. The van der Waals surface area contributed by atoms with E-state index in [1.54, 1.807) is 0 Å². The van der Waals surface area contributed by atoms with Gasteiger partial charge in [0.05, 0.1) is 0 Å². The fourth-order valence-electron chi connectivity index (χ4n) is 9.23. The first kappa shape index (κ1) is 78.3. The van der Waals surface area contributed by atoms with Crippen molar-refractivity contribution in [3.8, 4) is 0 Å². The maximum Gasteiger partial charge on any atom is 0.306 e. The van der Waals surface area contributed by atoms with Crippen LogP contribution in [0.1, 0.15) is 303 Å². The lowest BCUT2D eigenvalue weighted by Gasteiger charge is -2.18. The van der Waals surface area contributed by atoms with Gasteiger partial charge in [-0.3, -0.25) is 14.4 Å². The summed E-state index contributed by atoms with van der Waals surface area (Å²) in [4.78, 5) is 38.5. The van der Waals surface area contributed by atoms with Crippen LogP contribution < -0.4 is 0 Å². The first-order valence-electron chi connectivity index (χ1n) is 34.3. The topological polar surface area (TPSA) is 78.9 Å². The zero-order valence-corrected chi connectivity index (χ0v) is 53.9. The number of hydrogen-bond acceptors (Lipinski definition) is 6. The Balaban J connectivity index is 4.46. The number of rotatable bonds is 61. The van der Waals surface area contributed by atoms with Crippen LogP contribution in [0, 0.1) is 0 Å². The van der Waals surface area contributed by atoms with Gasteiger partial charge in [-0.15, -0.1) is 0 Å². The van der Waals surface area contributed by atoms with Crippen LogP contribution in [0.5, 0.6) is 0 Å². The average Bonchev–Trinajstić information content (AvgIpc) is 3.49. The molecule has 0 saturated carbocycles. The normalized spacial score (nSPS) is 13.0. The quantitative estimate of drug-likeness (QED) is 0.0261. The number of unbranched alkanes of at least 4 members (excludes halogenated alkanes) is 26. The summed E-state index contributed by atoms with van der Waals surface area (Å²) in [6, 6.07) is 0. The molecule has 0 fully saturated rings. The van der Waals surface area contributed by atoms with Gasteiger partial charge in [-0.2, -0.15) is 0 Å². The molecule has 470 valence electrons. The Labute approximate surface area is 512 Å². The predicted molar refractivity (Wildman–Crippen MR) is 362 cm³/mol. The molecule has 0 spiro atoms. The van der Waals surface area contributed by atoms with Crippen molar-refractivity contribution < 1.29 is 28.6 Å². The molecule has 0 aromatic heterocycles. The average molecular weight is 1150 g/mol. The first-order chi connectivity index (χ1) is 41.0. The summed E-state index contributed by atoms with van der Waals surface area (Å²) < 4.78 is 16.9. The lowest BCUT2D eigenvalue weighted by atomic mass is 10.0. The Morgan fingerprint density at radius 1 is 0.253 bits per heavy atom. The molecule has 1 unspecified atom stereocenters. The highest BCUT2D eigenvalue weighted by Crippen LogP contribution is 2.16. The van der Waals surface area contributed by atoms with Crippen molar-refractivity contribution in [1.82, 2.24) is 0 Å². The third-order valence-electron chi connectivity index (χ3n) is 14.3. The molecule has 0 saturated heterocycles. The molecule has 83 heavy (non-hydrogen) atoms. The Kier molecular flexibility index (Phi) is 65.8. The van der Waals surface area contributed by atoms with E-state index in [-0.39, 0.29) is 37.5 Å². The molecule has 0 rings (SSSR count). The molecule has 1 atom stereocenters. The zero-order chi connectivity index (χ0) is 59.9. The van der Waals surface area contributed by atoms with Crippen LogP contribution in [-0.2, 0) is 28.6 Å². The SMILES string of the molecule is CC/C=C\C/C=C\C/C=C\C/C=C\C/C=C\C/C=C\CCCCCCC(=O)OC(COC(=O)CCCCCC/C=C\C/C=C\C/C=C\C/C=C\CC)COC(=O)CCCCCCCCCCCCCCC/C=C\C/C=C\CCCCCCC. The van der Waals surface area contributed by atoms with E-state index >= 15 is 0 Å². The Hall–Kier alpha value is -4.71. The molecule has 0 aromatic carbocycles. The van der Waals surface area contributed by atoms with Crippen molar-refractivity contribution in [2.24, 2.45) is 0 Å². The van der Waals surface area contributed by atoms with E-state index < -0.39 is 6.10 Å². The van der Waals surface area contributed by atoms with Crippen molar-refractivity contribution in [3.05, 3.63) is 146 Å². The largest absolute Gasteiger partial charge is 0.462 e. The third-order valence-corrected chi connectivity index (χ3v) is 14.3. The summed E-state index contributed by atoms with van der Waals surface area (Å²) >= 11 is 0. The van der Waals surface area contributed by atoms with Crippen LogP contribution in [-0.4, -0.2) is 37.2 Å². The number of ether oxygens (including phenoxy) is 3. The molecule has 0 amide bonds. The fraction of sp³-hybridized carbons (Fsp3) is 0.649. The van der Waals surface area contributed by atoms with Gasteiger partial charge in [-0.1, -0.05) is 289 Å². The van der Waals surface area contributed by atoms with Crippen molar-refractivity contribution in [2.45, 2.75) is 309 Å². The monoisotopic (exact) mass is 1150 g/mol. The van der Waals surface area contributed by atoms with Crippen LogP contribution >= 0.6 is 0 Å². The van der Waals surface area contributed by atoms with Gasteiger partial charge in [0.1, 0.15) is 13.2 Å². The Bertz CT molecular complexity index is 1800. The Morgan fingerprint density at radius 2 is 0.470 bits per heavy atom. The molecule has 6 heteroatoms. The summed E-state index contributed by atoms with van der Waals surface area (Å²) in [5.41, 5.74) is 0. The van der Waals surface area contributed by atoms with Gasteiger partial charge < -0.3 is 14.2 Å². The van der Waals surface area contributed by atoms with Gasteiger partial charge in [-0.25, -0.2) is 0 Å².